The van der Waals surface area contributed by atoms with Gasteiger partial charge in [0.1, 0.15) is 0 Å². The van der Waals surface area contributed by atoms with Crippen molar-refractivity contribution in [1.29, 1.82) is 0 Å². The molecule has 0 aromatic heterocycles. The van der Waals surface area contributed by atoms with E-state index in [2.05, 4.69) is 12.2 Å². The lowest BCUT2D eigenvalue weighted by molar-refractivity contribution is -0.121. The molecule has 0 radical (unpaired) electrons. The van der Waals surface area contributed by atoms with Crippen molar-refractivity contribution in [3.8, 4) is 0 Å². The Morgan fingerprint density at radius 2 is 1.77 bits per heavy atom. The number of nitrogens with zero attached hydrogens (tertiary/aromatic N) is 1. The molecule has 0 spiro atoms. The second-order valence-electron chi connectivity index (χ2n) is 6.99. The van der Waals surface area contributed by atoms with Gasteiger partial charge in [-0.1, -0.05) is 49.4 Å². The minimum atomic E-state index is 0.0256. The van der Waals surface area contributed by atoms with Gasteiger partial charge in [-0.2, -0.15) is 0 Å². The predicted molar refractivity (Wildman–Crippen MR) is 103 cm³/mol. The summed E-state index contributed by atoms with van der Waals surface area (Å²) in [5, 5.41) is 2.97. The lowest BCUT2D eigenvalue weighted by Crippen LogP contribution is -2.28. The Hall–Kier alpha value is -2.62. The number of hydrogen-bond acceptors (Lipinski definition) is 2. The van der Waals surface area contributed by atoms with Gasteiger partial charge in [-0.05, 0) is 42.0 Å². The largest absolute Gasteiger partial charge is 0.352 e. The van der Waals surface area contributed by atoms with Crippen molar-refractivity contribution >= 4 is 11.8 Å². The molecule has 1 aliphatic heterocycles. The third kappa shape index (κ3) is 4.72. The van der Waals surface area contributed by atoms with Crippen LogP contribution in [0.15, 0.2) is 54.6 Å². The molecule has 1 unspecified atom stereocenters. The molecule has 1 heterocycles. The SMILES string of the molecule is CC(CC(=O)NCc1cccc(C(=O)N2CCCC2)c1)c1ccccc1. The first-order valence-electron chi connectivity index (χ1n) is 9.33. The number of carbonyl (C=O) groups is 2. The van der Waals surface area contributed by atoms with Crippen molar-refractivity contribution in [2.45, 2.75) is 38.6 Å². The van der Waals surface area contributed by atoms with Crippen LogP contribution < -0.4 is 5.32 Å². The molecule has 2 amide bonds. The number of likely N-dealkylation sites (tertiary alicyclic amines) is 1. The van der Waals surface area contributed by atoms with Crippen LogP contribution in [-0.2, 0) is 11.3 Å². The van der Waals surface area contributed by atoms with Crippen LogP contribution in [0.3, 0.4) is 0 Å². The van der Waals surface area contributed by atoms with Crippen LogP contribution >= 0.6 is 0 Å². The van der Waals surface area contributed by atoms with Crippen molar-refractivity contribution in [1.82, 2.24) is 10.2 Å². The number of carbonyl (C=O) groups excluding carboxylic acids is 2. The van der Waals surface area contributed by atoms with Gasteiger partial charge in [-0.25, -0.2) is 0 Å². The molecule has 1 fully saturated rings. The van der Waals surface area contributed by atoms with Crippen molar-refractivity contribution in [3.05, 3.63) is 71.3 Å². The Bertz CT molecular complexity index is 752. The molecule has 3 rings (SSSR count). The zero-order chi connectivity index (χ0) is 18.4. The van der Waals surface area contributed by atoms with Gasteiger partial charge in [0.2, 0.25) is 5.91 Å². The van der Waals surface area contributed by atoms with Gasteiger partial charge < -0.3 is 10.2 Å². The second-order valence-corrected chi connectivity index (χ2v) is 6.99. The Morgan fingerprint density at radius 1 is 1.04 bits per heavy atom. The molecule has 4 nitrogen and oxygen atoms in total. The first-order chi connectivity index (χ1) is 12.6. The average molecular weight is 350 g/mol. The molecule has 26 heavy (non-hydrogen) atoms. The third-order valence-corrected chi connectivity index (χ3v) is 4.92. The Labute approximate surface area is 155 Å². The molecule has 1 atom stereocenters. The normalized spacial score (nSPS) is 14.9. The Balaban J connectivity index is 1.53. The molecule has 136 valence electrons. The lowest BCUT2D eigenvalue weighted by Gasteiger charge is -2.16. The predicted octanol–water partition coefficient (Wildman–Crippen LogP) is 3.73. The highest BCUT2D eigenvalue weighted by Gasteiger charge is 2.19. The average Bonchev–Trinajstić information content (AvgIpc) is 3.21. The standard InChI is InChI=1S/C22H26N2O2/c1-17(19-9-3-2-4-10-19)14-21(25)23-16-18-8-7-11-20(15-18)22(26)24-12-5-6-13-24/h2-4,7-11,15,17H,5-6,12-14,16H2,1H3,(H,23,25). The minimum absolute atomic E-state index is 0.0256. The van der Waals surface area contributed by atoms with Gasteiger partial charge in [-0.3, -0.25) is 9.59 Å². The molecular weight excluding hydrogens is 324 g/mol. The van der Waals surface area contributed by atoms with E-state index >= 15 is 0 Å². The van der Waals surface area contributed by atoms with Gasteiger partial charge in [-0.15, -0.1) is 0 Å². The van der Waals surface area contributed by atoms with Crippen LogP contribution in [0.4, 0.5) is 0 Å². The first-order valence-corrected chi connectivity index (χ1v) is 9.33. The van der Waals surface area contributed by atoms with E-state index in [0.717, 1.165) is 31.5 Å². The highest BCUT2D eigenvalue weighted by Crippen LogP contribution is 2.18. The molecule has 0 bridgehead atoms. The molecule has 0 aliphatic carbocycles. The van der Waals surface area contributed by atoms with Gasteiger partial charge >= 0.3 is 0 Å². The van der Waals surface area contributed by atoms with E-state index in [9.17, 15) is 9.59 Å². The van der Waals surface area contributed by atoms with E-state index in [0.29, 0.717) is 18.5 Å². The number of nitrogens with one attached hydrogen (secondary N) is 1. The number of rotatable bonds is 6. The summed E-state index contributed by atoms with van der Waals surface area (Å²) in [7, 11) is 0. The van der Waals surface area contributed by atoms with E-state index in [1.54, 1.807) is 0 Å². The Morgan fingerprint density at radius 3 is 2.50 bits per heavy atom. The molecule has 1 saturated heterocycles. The molecule has 1 N–H and O–H groups in total. The highest BCUT2D eigenvalue weighted by molar-refractivity contribution is 5.94. The zero-order valence-electron chi connectivity index (χ0n) is 15.3. The van der Waals surface area contributed by atoms with Crippen molar-refractivity contribution < 1.29 is 9.59 Å². The summed E-state index contributed by atoms with van der Waals surface area (Å²) >= 11 is 0. The van der Waals surface area contributed by atoms with Gasteiger partial charge in [0.15, 0.2) is 0 Å². The number of hydrogen-bond donors (Lipinski definition) is 1. The molecular formula is C22H26N2O2. The Kier molecular flexibility index (Phi) is 6.05. The van der Waals surface area contributed by atoms with Gasteiger partial charge in [0.25, 0.3) is 5.91 Å². The van der Waals surface area contributed by atoms with E-state index in [1.807, 2.05) is 59.5 Å². The third-order valence-electron chi connectivity index (χ3n) is 4.92. The van der Waals surface area contributed by atoms with Crippen LogP contribution in [0.2, 0.25) is 0 Å². The topological polar surface area (TPSA) is 49.4 Å². The summed E-state index contributed by atoms with van der Waals surface area (Å²) in [4.78, 5) is 26.6. The monoisotopic (exact) mass is 350 g/mol. The molecule has 4 heteroatoms. The van der Waals surface area contributed by atoms with Crippen LogP contribution in [0, 0.1) is 0 Å². The fourth-order valence-corrected chi connectivity index (χ4v) is 3.37. The summed E-state index contributed by atoms with van der Waals surface area (Å²) < 4.78 is 0. The van der Waals surface area contributed by atoms with Crippen LogP contribution in [0.25, 0.3) is 0 Å². The highest BCUT2D eigenvalue weighted by atomic mass is 16.2. The summed E-state index contributed by atoms with van der Waals surface area (Å²) in [6, 6.07) is 17.6. The van der Waals surface area contributed by atoms with E-state index in [-0.39, 0.29) is 17.7 Å². The van der Waals surface area contributed by atoms with Crippen LogP contribution in [-0.4, -0.2) is 29.8 Å². The van der Waals surface area contributed by atoms with Crippen molar-refractivity contribution in [2.24, 2.45) is 0 Å². The molecule has 2 aromatic carbocycles. The maximum atomic E-state index is 12.5. The zero-order valence-corrected chi connectivity index (χ0v) is 15.3. The quantitative estimate of drug-likeness (QED) is 0.863. The first kappa shape index (κ1) is 18.2. The number of amides is 2. The second kappa shape index (κ2) is 8.65. The van der Waals surface area contributed by atoms with Crippen LogP contribution in [0.5, 0.6) is 0 Å². The minimum Gasteiger partial charge on any atom is -0.352 e. The summed E-state index contributed by atoms with van der Waals surface area (Å²) in [5.41, 5.74) is 2.83. The fraction of sp³-hybridized carbons (Fsp3) is 0.364. The van der Waals surface area contributed by atoms with Crippen molar-refractivity contribution in [3.63, 3.8) is 0 Å². The lowest BCUT2D eigenvalue weighted by atomic mass is 9.97. The number of benzene rings is 2. The van der Waals surface area contributed by atoms with Crippen LogP contribution in [0.1, 0.15) is 53.6 Å². The molecule has 0 saturated carbocycles. The van der Waals surface area contributed by atoms with Gasteiger partial charge in [0.05, 0.1) is 0 Å². The molecule has 2 aromatic rings. The summed E-state index contributed by atoms with van der Waals surface area (Å²) in [6.07, 6.45) is 2.62. The van der Waals surface area contributed by atoms with Gasteiger partial charge in [0, 0.05) is 31.6 Å². The fourth-order valence-electron chi connectivity index (χ4n) is 3.37. The van der Waals surface area contributed by atoms with Crippen molar-refractivity contribution in [2.75, 3.05) is 13.1 Å². The summed E-state index contributed by atoms with van der Waals surface area (Å²) in [5.74, 6) is 0.297. The smallest absolute Gasteiger partial charge is 0.253 e. The van der Waals surface area contributed by atoms with E-state index in [1.165, 1.54) is 5.56 Å². The maximum absolute atomic E-state index is 12.5. The maximum Gasteiger partial charge on any atom is 0.253 e. The van der Waals surface area contributed by atoms with E-state index in [4.69, 9.17) is 0 Å². The molecule has 1 aliphatic rings. The summed E-state index contributed by atoms with van der Waals surface area (Å²) in [6.45, 7) is 4.19. The van der Waals surface area contributed by atoms with E-state index < -0.39 is 0 Å².